The van der Waals surface area contributed by atoms with Crippen LogP contribution in [0, 0.1) is 12.8 Å². The number of piperidine rings is 1. The molecular formula is C27H36N2O2. The molecule has 2 aromatic carbocycles. The van der Waals surface area contributed by atoms with Crippen molar-refractivity contribution in [2.75, 3.05) is 32.7 Å². The first-order valence-corrected chi connectivity index (χ1v) is 12.1. The van der Waals surface area contributed by atoms with Crippen molar-refractivity contribution >= 4 is 0 Å². The van der Waals surface area contributed by atoms with Crippen molar-refractivity contribution in [3.05, 3.63) is 64.7 Å². The largest absolute Gasteiger partial charge is 0.507 e. The Kier molecular flexibility index (Phi) is 6.31. The van der Waals surface area contributed by atoms with E-state index in [1.807, 2.05) is 6.92 Å². The number of benzene rings is 2. The van der Waals surface area contributed by atoms with Gasteiger partial charge in [0, 0.05) is 25.1 Å². The maximum Gasteiger partial charge on any atom is 0.122 e. The lowest BCUT2D eigenvalue weighted by atomic mass is 9.83. The number of phenols is 1. The molecule has 5 rings (SSSR count). The summed E-state index contributed by atoms with van der Waals surface area (Å²) in [5.41, 5.74) is 4.74. The van der Waals surface area contributed by atoms with Gasteiger partial charge < -0.3 is 14.7 Å². The molecule has 0 radical (unpaired) electrons. The molecule has 4 nitrogen and oxygen atoms in total. The Morgan fingerprint density at radius 2 is 1.68 bits per heavy atom. The number of aryl methyl sites for hydroxylation is 1. The molecule has 0 unspecified atom stereocenters. The molecule has 4 heteroatoms. The second-order valence-electron chi connectivity index (χ2n) is 9.77. The van der Waals surface area contributed by atoms with Gasteiger partial charge in [0.25, 0.3) is 0 Å². The molecule has 0 aliphatic carbocycles. The zero-order valence-corrected chi connectivity index (χ0v) is 18.8. The number of hydrogen-bond acceptors (Lipinski definition) is 4. The molecule has 2 fully saturated rings. The summed E-state index contributed by atoms with van der Waals surface area (Å²) < 4.78 is 6.79. The Morgan fingerprint density at radius 3 is 2.42 bits per heavy atom. The van der Waals surface area contributed by atoms with Crippen LogP contribution in [0.5, 0.6) is 5.75 Å². The highest BCUT2D eigenvalue weighted by atomic mass is 16.5. The molecular weight excluding hydrogens is 384 g/mol. The molecule has 2 saturated heterocycles. The van der Waals surface area contributed by atoms with E-state index in [4.69, 9.17) is 4.74 Å². The average molecular weight is 421 g/mol. The van der Waals surface area contributed by atoms with Crippen LogP contribution in [0.25, 0.3) is 0 Å². The lowest BCUT2D eigenvalue weighted by Crippen LogP contribution is -2.42. The van der Waals surface area contributed by atoms with Crippen molar-refractivity contribution in [1.29, 1.82) is 0 Å². The number of phenolic OH excluding ortho intramolecular Hbond substituents is 1. The van der Waals surface area contributed by atoms with E-state index in [2.05, 4.69) is 52.3 Å². The van der Waals surface area contributed by atoms with Crippen LogP contribution in [0.15, 0.2) is 42.5 Å². The third-order valence-electron chi connectivity index (χ3n) is 7.64. The van der Waals surface area contributed by atoms with Gasteiger partial charge in [0.1, 0.15) is 5.75 Å². The van der Waals surface area contributed by atoms with Crippen LogP contribution in [0.1, 0.15) is 54.0 Å². The molecule has 2 aromatic rings. The average Bonchev–Trinajstić information content (AvgIpc) is 3.31. The van der Waals surface area contributed by atoms with Crippen molar-refractivity contribution in [3.8, 4) is 5.75 Å². The Labute approximate surface area is 186 Å². The van der Waals surface area contributed by atoms with E-state index in [1.165, 1.54) is 49.9 Å². The van der Waals surface area contributed by atoms with Crippen LogP contribution in [0.4, 0.5) is 0 Å². The number of nitrogens with zero attached hydrogens (tertiary/aromatic N) is 2. The minimum Gasteiger partial charge on any atom is -0.507 e. The van der Waals surface area contributed by atoms with Gasteiger partial charge in [0.05, 0.1) is 12.2 Å². The van der Waals surface area contributed by atoms with E-state index < -0.39 is 0 Å². The maximum absolute atomic E-state index is 10.9. The zero-order chi connectivity index (χ0) is 21.2. The van der Waals surface area contributed by atoms with Crippen molar-refractivity contribution < 1.29 is 9.84 Å². The second-order valence-corrected chi connectivity index (χ2v) is 9.77. The summed E-state index contributed by atoms with van der Waals surface area (Å²) in [6, 6.07) is 15.0. The molecule has 3 aliphatic heterocycles. The molecule has 31 heavy (non-hydrogen) atoms. The molecule has 166 valence electrons. The fourth-order valence-electron chi connectivity index (χ4n) is 5.76. The van der Waals surface area contributed by atoms with Gasteiger partial charge in [-0.05, 0) is 81.4 Å². The topological polar surface area (TPSA) is 35.9 Å². The van der Waals surface area contributed by atoms with Crippen LogP contribution in [-0.2, 0) is 17.7 Å². The second kappa shape index (κ2) is 9.32. The number of rotatable bonds is 5. The van der Waals surface area contributed by atoms with Crippen LogP contribution in [0.2, 0.25) is 0 Å². The predicted octanol–water partition coefficient (Wildman–Crippen LogP) is 4.69. The molecule has 0 aromatic heterocycles. The highest BCUT2D eigenvalue weighted by Crippen LogP contribution is 2.41. The van der Waals surface area contributed by atoms with E-state index in [9.17, 15) is 5.11 Å². The first kappa shape index (κ1) is 21.0. The molecule has 0 bridgehead atoms. The lowest BCUT2D eigenvalue weighted by molar-refractivity contribution is -0.0778. The Morgan fingerprint density at radius 1 is 0.935 bits per heavy atom. The fraction of sp³-hybridized carbons (Fsp3) is 0.556. The Bertz CT molecular complexity index is 870. The van der Waals surface area contributed by atoms with Crippen LogP contribution < -0.4 is 0 Å². The van der Waals surface area contributed by atoms with E-state index in [-0.39, 0.29) is 12.2 Å². The van der Waals surface area contributed by atoms with Crippen molar-refractivity contribution in [2.45, 2.75) is 57.8 Å². The third-order valence-corrected chi connectivity index (χ3v) is 7.64. The van der Waals surface area contributed by atoms with Gasteiger partial charge in [-0.25, -0.2) is 0 Å². The first-order chi connectivity index (χ1) is 15.2. The number of hydrogen-bond donors (Lipinski definition) is 1. The van der Waals surface area contributed by atoms with E-state index in [1.54, 1.807) is 0 Å². The van der Waals surface area contributed by atoms with Crippen LogP contribution in [-0.4, -0.2) is 53.7 Å². The monoisotopic (exact) mass is 420 g/mol. The Balaban J connectivity index is 1.27. The number of ether oxygens (including phenoxy) is 1. The van der Waals surface area contributed by atoms with Crippen LogP contribution >= 0.6 is 0 Å². The van der Waals surface area contributed by atoms with Gasteiger partial charge in [-0.2, -0.15) is 0 Å². The summed E-state index contributed by atoms with van der Waals surface area (Å²) in [6.45, 7) is 8.62. The summed E-state index contributed by atoms with van der Waals surface area (Å²) in [4.78, 5) is 5.11. The lowest BCUT2D eigenvalue weighted by Gasteiger charge is -2.41. The minimum absolute atomic E-state index is 0.0840. The smallest absolute Gasteiger partial charge is 0.122 e. The van der Waals surface area contributed by atoms with Crippen molar-refractivity contribution in [3.63, 3.8) is 0 Å². The standard InChI is InChI=1S/C27H36N2O2/c1-20-9-10-23-24(27(20)30)17-25(31-26(23)19-28-13-5-6-14-28)22-11-15-29(16-12-22)18-21-7-3-2-4-8-21/h2-4,7-10,22,25-26,30H,5-6,11-19H2,1H3/t25-,26-/m0/s1. The Hall–Kier alpha value is -1.88. The highest BCUT2D eigenvalue weighted by Gasteiger charge is 2.36. The molecule has 0 amide bonds. The molecule has 3 aliphatic rings. The van der Waals surface area contributed by atoms with Crippen LogP contribution in [0.3, 0.4) is 0 Å². The van der Waals surface area contributed by atoms with Gasteiger partial charge in [0.2, 0.25) is 0 Å². The van der Waals surface area contributed by atoms with Gasteiger partial charge in [0.15, 0.2) is 0 Å². The van der Waals surface area contributed by atoms with E-state index >= 15 is 0 Å². The molecule has 0 saturated carbocycles. The number of aromatic hydroxyl groups is 1. The van der Waals surface area contributed by atoms with Gasteiger partial charge >= 0.3 is 0 Å². The predicted molar refractivity (Wildman–Crippen MR) is 124 cm³/mol. The number of likely N-dealkylation sites (tertiary alicyclic amines) is 2. The van der Waals surface area contributed by atoms with E-state index in [0.29, 0.717) is 11.7 Å². The summed E-state index contributed by atoms with van der Waals surface area (Å²) in [7, 11) is 0. The highest BCUT2D eigenvalue weighted by molar-refractivity contribution is 5.47. The van der Waals surface area contributed by atoms with Gasteiger partial charge in [-0.1, -0.05) is 42.5 Å². The van der Waals surface area contributed by atoms with Gasteiger partial charge in [-0.15, -0.1) is 0 Å². The fourth-order valence-corrected chi connectivity index (χ4v) is 5.76. The van der Waals surface area contributed by atoms with Gasteiger partial charge in [-0.3, -0.25) is 4.90 Å². The molecule has 1 N–H and O–H groups in total. The molecule has 3 heterocycles. The SMILES string of the molecule is Cc1ccc2c(c1O)C[C@@H](C1CCN(Cc3ccccc3)CC1)O[C@H]2CN1CCCC1. The number of fused-ring (bicyclic) bond motifs is 1. The normalized spacial score (nSPS) is 25.6. The zero-order valence-electron chi connectivity index (χ0n) is 18.8. The van der Waals surface area contributed by atoms with E-state index in [0.717, 1.165) is 43.7 Å². The summed E-state index contributed by atoms with van der Waals surface area (Å²) in [6.07, 6.45) is 6.09. The molecule has 2 atom stereocenters. The minimum atomic E-state index is 0.0840. The maximum atomic E-state index is 10.9. The third kappa shape index (κ3) is 4.67. The molecule has 0 spiro atoms. The quantitative estimate of drug-likeness (QED) is 0.761. The first-order valence-electron chi connectivity index (χ1n) is 12.1. The summed E-state index contributed by atoms with van der Waals surface area (Å²) >= 11 is 0. The summed E-state index contributed by atoms with van der Waals surface area (Å²) in [5.74, 6) is 1.07. The van der Waals surface area contributed by atoms with Crippen molar-refractivity contribution in [2.24, 2.45) is 5.92 Å². The summed E-state index contributed by atoms with van der Waals surface area (Å²) in [5, 5.41) is 10.9. The van der Waals surface area contributed by atoms with Crippen molar-refractivity contribution in [1.82, 2.24) is 9.80 Å².